The lowest BCUT2D eigenvalue weighted by atomic mass is 10.1. The molecule has 1 N–H and O–H groups in total. The Bertz CT molecular complexity index is 879. The third-order valence-electron chi connectivity index (χ3n) is 3.48. The van der Waals surface area contributed by atoms with E-state index in [1.807, 2.05) is 43.6 Å². The van der Waals surface area contributed by atoms with Crippen LogP contribution in [0.4, 0.5) is 11.4 Å². The Balaban J connectivity index is 1.91. The Kier molecular flexibility index (Phi) is 4.57. The molecule has 0 radical (unpaired) electrons. The maximum atomic E-state index is 11.2. The molecule has 7 nitrogen and oxygen atoms in total. The molecule has 2 aromatic heterocycles. The zero-order valence-electron chi connectivity index (χ0n) is 12.8. The van der Waals surface area contributed by atoms with Crippen LogP contribution in [-0.2, 0) is 13.6 Å². The van der Waals surface area contributed by atoms with Crippen molar-refractivity contribution in [3.05, 3.63) is 69.1 Å². The Labute approximate surface area is 146 Å². The van der Waals surface area contributed by atoms with E-state index in [4.69, 9.17) is 0 Å². The SMILES string of the molecule is Cn1cc(CNc2c(Br)cncc2[N+](=O)[O-])c(-c2ccccc2)n1. The fraction of sp³-hybridized carbons (Fsp3) is 0.125. The van der Waals surface area contributed by atoms with Gasteiger partial charge >= 0.3 is 5.69 Å². The number of nitrogens with zero attached hydrogens (tertiary/aromatic N) is 4. The second kappa shape index (κ2) is 6.79. The molecule has 0 aliphatic carbocycles. The quantitative estimate of drug-likeness (QED) is 0.531. The number of hydrogen-bond donors (Lipinski definition) is 1. The van der Waals surface area contributed by atoms with Crippen molar-refractivity contribution in [3.8, 4) is 11.3 Å². The van der Waals surface area contributed by atoms with Crippen molar-refractivity contribution in [3.63, 3.8) is 0 Å². The molecule has 0 spiro atoms. The Morgan fingerprint density at radius 2 is 2.04 bits per heavy atom. The monoisotopic (exact) mass is 387 g/mol. The van der Waals surface area contributed by atoms with E-state index in [1.54, 1.807) is 4.68 Å². The molecule has 0 saturated heterocycles. The number of aromatic nitrogens is 3. The fourth-order valence-electron chi connectivity index (χ4n) is 2.43. The van der Waals surface area contributed by atoms with E-state index in [-0.39, 0.29) is 5.69 Å². The Morgan fingerprint density at radius 3 is 2.75 bits per heavy atom. The van der Waals surface area contributed by atoms with Crippen LogP contribution in [0, 0.1) is 10.1 Å². The average molecular weight is 388 g/mol. The largest absolute Gasteiger partial charge is 0.374 e. The predicted molar refractivity (Wildman–Crippen MR) is 94.6 cm³/mol. The summed E-state index contributed by atoms with van der Waals surface area (Å²) in [6.45, 7) is 0.404. The van der Waals surface area contributed by atoms with Gasteiger partial charge in [-0.1, -0.05) is 30.3 Å². The van der Waals surface area contributed by atoms with Crippen molar-refractivity contribution >= 4 is 27.3 Å². The van der Waals surface area contributed by atoms with Gasteiger partial charge in [0.1, 0.15) is 11.9 Å². The molecular formula is C16H14BrN5O2. The minimum Gasteiger partial charge on any atom is -0.374 e. The van der Waals surface area contributed by atoms with Gasteiger partial charge in [0.15, 0.2) is 0 Å². The van der Waals surface area contributed by atoms with Crippen molar-refractivity contribution in [2.24, 2.45) is 7.05 Å². The zero-order valence-corrected chi connectivity index (χ0v) is 14.4. The molecule has 0 atom stereocenters. The van der Waals surface area contributed by atoms with Gasteiger partial charge in [-0.2, -0.15) is 5.10 Å². The van der Waals surface area contributed by atoms with Crippen LogP contribution in [0.2, 0.25) is 0 Å². The molecule has 1 aromatic carbocycles. The third kappa shape index (κ3) is 3.28. The number of hydrogen-bond acceptors (Lipinski definition) is 5. The number of nitro groups is 1. The predicted octanol–water partition coefficient (Wildman–Crippen LogP) is 3.76. The second-order valence-corrected chi connectivity index (χ2v) is 6.02. The number of rotatable bonds is 5. The molecule has 0 aliphatic rings. The van der Waals surface area contributed by atoms with Gasteiger partial charge < -0.3 is 5.32 Å². The molecule has 0 saturated carbocycles. The van der Waals surface area contributed by atoms with Gasteiger partial charge in [-0.05, 0) is 15.9 Å². The first-order valence-corrected chi connectivity index (χ1v) is 7.95. The van der Waals surface area contributed by atoms with Gasteiger partial charge in [-0.15, -0.1) is 0 Å². The molecule has 24 heavy (non-hydrogen) atoms. The van der Waals surface area contributed by atoms with E-state index in [0.717, 1.165) is 16.8 Å². The fourth-order valence-corrected chi connectivity index (χ4v) is 2.89. The van der Waals surface area contributed by atoms with Crippen LogP contribution >= 0.6 is 15.9 Å². The van der Waals surface area contributed by atoms with Crippen LogP contribution in [0.25, 0.3) is 11.3 Å². The van der Waals surface area contributed by atoms with Crippen molar-refractivity contribution in [2.45, 2.75) is 6.54 Å². The summed E-state index contributed by atoms with van der Waals surface area (Å²) in [4.78, 5) is 14.6. The Morgan fingerprint density at radius 1 is 1.29 bits per heavy atom. The van der Waals surface area contributed by atoms with Crippen LogP contribution in [0.1, 0.15) is 5.56 Å². The van der Waals surface area contributed by atoms with Crippen LogP contribution in [0.15, 0.2) is 53.4 Å². The highest BCUT2D eigenvalue weighted by Gasteiger charge is 2.18. The molecule has 0 fully saturated rings. The number of aryl methyl sites for hydroxylation is 1. The number of anilines is 1. The van der Waals surface area contributed by atoms with E-state index in [0.29, 0.717) is 16.7 Å². The Hall–Kier alpha value is -2.74. The normalized spacial score (nSPS) is 10.6. The van der Waals surface area contributed by atoms with E-state index < -0.39 is 4.92 Å². The maximum Gasteiger partial charge on any atom is 0.311 e. The smallest absolute Gasteiger partial charge is 0.311 e. The lowest BCUT2D eigenvalue weighted by Gasteiger charge is -2.09. The summed E-state index contributed by atoms with van der Waals surface area (Å²) in [6, 6.07) is 9.81. The minimum absolute atomic E-state index is 0.0745. The van der Waals surface area contributed by atoms with Crippen LogP contribution in [0.3, 0.4) is 0 Å². The van der Waals surface area contributed by atoms with E-state index in [1.165, 1.54) is 12.4 Å². The summed E-state index contributed by atoms with van der Waals surface area (Å²) in [5.41, 5.74) is 3.12. The molecule has 0 bridgehead atoms. The number of benzene rings is 1. The van der Waals surface area contributed by atoms with Crippen molar-refractivity contribution in [1.29, 1.82) is 0 Å². The summed E-state index contributed by atoms with van der Waals surface area (Å²) >= 11 is 3.31. The van der Waals surface area contributed by atoms with Gasteiger partial charge in [-0.3, -0.25) is 19.8 Å². The molecule has 3 rings (SSSR count). The van der Waals surface area contributed by atoms with Gasteiger partial charge in [0, 0.05) is 37.1 Å². The first-order valence-electron chi connectivity index (χ1n) is 7.16. The second-order valence-electron chi connectivity index (χ2n) is 5.17. The summed E-state index contributed by atoms with van der Waals surface area (Å²) < 4.78 is 2.27. The van der Waals surface area contributed by atoms with Gasteiger partial charge in [0.2, 0.25) is 0 Å². The highest BCUT2D eigenvalue weighted by molar-refractivity contribution is 9.10. The first kappa shape index (κ1) is 16.1. The van der Waals surface area contributed by atoms with Crippen molar-refractivity contribution < 1.29 is 4.92 Å². The van der Waals surface area contributed by atoms with Crippen LogP contribution in [-0.4, -0.2) is 19.7 Å². The lowest BCUT2D eigenvalue weighted by Crippen LogP contribution is -2.04. The molecule has 2 heterocycles. The van der Waals surface area contributed by atoms with Crippen molar-refractivity contribution in [2.75, 3.05) is 5.32 Å². The first-order chi connectivity index (χ1) is 11.6. The van der Waals surface area contributed by atoms with Gasteiger partial charge in [0.05, 0.1) is 15.1 Å². The van der Waals surface area contributed by atoms with Gasteiger partial charge in [0.25, 0.3) is 0 Å². The number of nitrogens with one attached hydrogen (secondary N) is 1. The van der Waals surface area contributed by atoms with E-state index in [2.05, 4.69) is 31.3 Å². The standard InChI is InChI=1S/C16H14BrN5O2/c1-21-10-12(15(20-21)11-5-3-2-4-6-11)7-19-16-13(17)8-18-9-14(16)22(23)24/h2-6,8-10H,7H2,1H3,(H,18,19). The molecule has 0 unspecified atom stereocenters. The number of halogens is 1. The average Bonchev–Trinajstić information content (AvgIpc) is 2.95. The van der Waals surface area contributed by atoms with Gasteiger partial charge in [-0.25, -0.2) is 0 Å². The molecule has 8 heteroatoms. The van der Waals surface area contributed by atoms with E-state index in [9.17, 15) is 10.1 Å². The molecular weight excluding hydrogens is 374 g/mol. The lowest BCUT2D eigenvalue weighted by molar-refractivity contribution is -0.384. The van der Waals surface area contributed by atoms with E-state index >= 15 is 0 Å². The van der Waals surface area contributed by atoms with Crippen LogP contribution in [0.5, 0.6) is 0 Å². The third-order valence-corrected chi connectivity index (χ3v) is 4.09. The summed E-state index contributed by atoms with van der Waals surface area (Å²) in [7, 11) is 1.85. The van der Waals surface area contributed by atoms with Crippen molar-refractivity contribution in [1.82, 2.24) is 14.8 Å². The van der Waals surface area contributed by atoms with Crippen LogP contribution < -0.4 is 5.32 Å². The highest BCUT2D eigenvalue weighted by Crippen LogP contribution is 2.32. The summed E-state index contributed by atoms with van der Waals surface area (Å²) in [5.74, 6) is 0. The highest BCUT2D eigenvalue weighted by atomic mass is 79.9. The molecule has 3 aromatic rings. The molecule has 122 valence electrons. The molecule has 0 amide bonds. The topological polar surface area (TPSA) is 85.9 Å². The summed E-state index contributed by atoms with van der Waals surface area (Å²) in [6.07, 6.45) is 4.65. The minimum atomic E-state index is -0.457. The zero-order chi connectivity index (χ0) is 17.1. The molecule has 0 aliphatic heterocycles. The maximum absolute atomic E-state index is 11.2. The number of pyridine rings is 1. The summed E-state index contributed by atoms with van der Waals surface area (Å²) in [5, 5.41) is 18.8.